The van der Waals surface area contributed by atoms with Crippen LogP contribution in [0.2, 0.25) is 0 Å². The molecule has 0 radical (unpaired) electrons. The van der Waals surface area contributed by atoms with E-state index >= 15 is 0 Å². The Morgan fingerprint density at radius 2 is 1.61 bits per heavy atom. The van der Waals surface area contributed by atoms with E-state index < -0.39 is 0 Å². The average molecular weight is 432 g/mol. The van der Waals surface area contributed by atoms with Crippen LogP contribution in [0.15, 0.2) is 18.2 Å². The molecule has 3 aliphatic rings. The van der Waals surface area contributed by atoms with E-state index in [-0.39, 0.29) is 17.8 Å². The van der Waals surface area contributed by atoms with Crippen LogP contribution in [0.5, 0.6) is 5.75 Å². The van der Waals surface area contributed by atoms with Gasteiger partial charge in [0.2, 0.25) is 5.91 Å². The molecule has 3 aliphatic heterocycles. The number of amides is 1. The standard InChI is InChI=1S/C25H38FN3O2/c26-23-19-21(29-22(10-12-25(29)30)20-28-15-6-3-7-16-28)9-11-24(23)31-18-8-17-27-13-4-1-2-5-14-27/h9,11,19,22H,1-8,10,12-18,20H2. The van der Waals surface area contributed by atoms with Gasteiger partial charge >= 0.3 is 0 Å². The summed E-state index contributed by atoms with van der Waals surface area (Å²) < 4.78 is 20.5. The number of benzene rings is 1. The van der Waals surface area contributed by atoms with Crippen molar-refractivity contribution >= 4 is 11.6 Å². The lowest BCUT2D eigenvalue weighted by atomic mass is 10.1. The summed E-state index contributed by atoms with van der Waals surface area (Å²) in [6.45, 7) is 6.99. The highest BCUT2D eigenvalue weighted by atomic mass is 19.1. The van der Waals surface area contributed by atoms with Gasteiger partial charge in [0.15, 0.2) is 11.6 Å². The second-order valence-electron chi connectivity index (χ2n) is 9.39. The first kappa shape index (κ1) is 22.5. The number of carbonyl (C=O) groups is 1. The number of anilines is 1. The van der Waals surface area contributed by atoms with Crippen molar-refractivity contribution < 1.29 is 13.9 Å². The number of halogens is 1. The van der Waals surface area contributed by atoms with Crippen molar-refractivity contribution in [3.05, 3.63) is 24.0 Å². The van der Waals surface area contributed by atoms with E-state index in [1.54, 1.807) is 6.07 Å². The average Bonchev–Trinajstić information content (AvgIpc) is 2.97. The molecule has 0 aromatic heterocycles. The minimum absolute atomic E-state index is 0.104. The van der Waals surface area contributed by atoms with Gasteiger partial charge in [0.05, 0.1) is 12.6 Å². The lowest BCUT2D eigenvalue weighted by Gasteiger charge is -2.33. The Morgan fingerprint density at radius 1 is 0.935 bits per heavy atom. The Bertz CT molecular complexity index is 715. The summed E-state index contributed by atoms with van der Waals surface area (Å²) in [6, 6.07) is 5.17. The lowest BCUT2D eigenvalue weighted by molar-refractivity contribution is -0.117. The number of ether oxygens (including phenoxy) is 1. The highest BCUT2D eigenvalue weighted by Crippen LogP contribution is 2.31. The molecule has 1 amide bonds. The third-order valence-electron chi connectivity index (χ3n) is 7.01. The van der Waals surface area contributed by atoms with E-state index in [4.69, 9.17) is 4.74 Å². The van der Waals surface area contributed by atoms with Crippen LogP contribution < -0.4 is 9.64 Å². The number of hydrogen-bond acceptors (Lipinski definition) is 4. The molecule has 0 saturated carbocycles. The van der Waals surface area contributed by atoms with Crippen LogP contribution in [-0.4, -0.2) is 67.6 Å². The van der Waals surface area contributed by atoms with E-state index in [1.807, 2.05) is 11.0 Å². The van der Waals surface area contributed by atoms with Crippen LogP contribution in [0.4, 0.5) is 10.1 Å². The topological polar surface area (TPSA) is 36.0 Å². The van der Waals surface area contributed by atoms with Gasteiger partial charge in [-0.25, -0.2) is 4.39 Å². The van der Waals surface area contributed by atoms with Crippen molar-refractivity contribution in [2.24, 2.45) is 0 Å². The first-order valence-electron chi connectivity index (χ1n) is 12.4. The Balaban J connectivity index is 1.30. The molecule has 3 fully saturated rings. The highest BCUT2D eigenvalue weighted by molar-refractivity contribution is 5.96. The molecule has 3 saturated heterocycles. The molecule has 6 heteroatoms. The predicted octanol–water partition coefficient (Wildman–Crippen LogP) is 4.45. The molecule has 31 heavy (non-hydrogen) atoms. The van der Waals surface area contributed by atoms with Gasteiger partial charge in [-0.05, 0) is 76.8 Å². The van der Waals surface area contributed by atoms with Gasteiger partial charge in [0.1, 0.15) is 0 Å². The summed E-state index contributed by atoms with van der Waals surface area (Å²) in [5.74, 6) is 0.0232. The molecule has 0 N–H and O–H groups in total. The zero-order valence-electron chi connectivity index (χ0n) is 18.9. The fourth-order valence-electron chi connectivity index (χ4n) is 5.30. The quantitative estimate of drug-likeness (QED) is 0.570. The molecule has 5 nitrogen and oxygen atoms in total. The van der Waals surface area contributed by atoms with Crippen LogP contribution >= 0.6 is 0 Å². The summed E-state index contributed by atoms with van der Waals surface area (Å²) >= 11 is 0. The van der Waals surface area contributed by atoms with Crippen LogP contribution in [0.3, 0.4) is 0 Å². The van der Waals surface area contributed by atoms with Crippen molar-refractivity contribution in [2.45, 2.75) is 70.3 Å². The third kappa shape index (κ3) is 6.19. The maximum absolute atomic E-state index is 14.8. The highest BCUT2D eigenvalue weighted by Gasteiger charge is 2.34. The maximum atomic E-state index is 14.8. The van der Waals surface area contributed by atoms with Crippen molar-refractivity contribution in [1.82, 2.24) is 9.80 Å². The van der Waals surface area contributed by atoms with E-state index in [0.29, 0.717) is 24.5 Å². The molecule has 0 bridgehead atoms. The summed E-state index contributed by atoms with van der Waals surface area (Å²) in [6.07, 6.45) is 11.3. The summed E-state index contributed by atoms with van der Waals surface area (Å²) in [5, 5.41) is 0. The van der Waals surface area contributed by atoms with Crippen LogP contribution in [0.1, 0.15) is 64.2 Å². The summed E-state index contributed by atoms with van der Waals surface area (Å²) in [4.78, 5) is 19.3. The number of rotatable bonds is 8. The monoisotopic (exact) mass is 431 g/mol. The fourth-order valence-corrected chi connectivity index (χ4v) is 5.30. The van der Waals surface area contributed by atoms with Gasteiger partial charge in [-0.3, -0.25) is 4.79 Å². The van der Waals surface area contributed by atoms with Gasteiger partial charge in [-0.1, -0.05) is 19.3 Å². The van der Waals surface area contributed by atoms with Gasteiger partial charge in [-0.15, -0.1) is 0 Å². The Hall–Kier alpha value is -1.66. The molecular weight excluding hydrogens is 393 g/mol. The lowest BCUT2D eigenvalue weighted by Crippen LogP contribution is -2.43. The largest absolute Gasteiger partial charge is 0.490 e. The Labute approximate surface area is 186 Å². The first-order chi connectivity index (χ1) is 15.2. The molecule has 3 heterocycles. The smallest absolute Gasteiger partial charge is 0.227 e. The van der Waals surface area contributed by atoms with E-state index in [1.165, 1.54) is 64.1 Å². The third-order valence-corrected chi connectivity index (χ3v) is 7.01. The number of piperidine rings is 1. The van der Waals surface area contributed by atoms with Crippen LogP contribution in [0, 0.1) is 5.82 Å². The van der Waals surface area contributed by atoms with Crippen LogP contribution in [-0.2, 0) is 4.79 Å². The zero-order valence-corrected chi connectivity index (χ0v) is 18.9. The maximum Gasteiger partial charge on any atom is 0.227 e. The summed E-state index contributed by atoms with van der Waals surface area (Å²) in [7, 11) is 0. The van der Waals surface area contributed by atoms with Gasteiger partial charge in [0.25, 0.3) is 0 Å². The summed E-state index contributed by atoms with van der Waals surface area (Å²) in [5.41, 5.74) is 0.666. The molecule has 4 rings (SSSR count). The van der Waals surface area contributed by atoms with E-state index in [0.717, 1.165) is 39.0 Å². The van der Waals surface area contributed by atoms with Gasteiger partial charge < -0.3 is 19.4 Å². The number of hydrogen-bond donors (Lipinski definition) is 0. The first-order valence-corrected chi connectivity index (χ1v) is 12.4. The van der Waals surface area contributed by atoms with Gasteiger partial charge in [-0.2, -0.15) is 0 Å². The Morgan fingerprint density at radius 3 is 2.32 bits per heavy atom. The molecule has 0 aliphatic carbocycles. The van der Waals surface area contributed by atoms with Crippen molar-refractivity contribution in [2.75, 3.05) is 50.8 Å². The SMILES string of the molecule is O=C1CCC(CN2CCCCC2)N1c1ccc(OCCCN2CCCCCC2)c(F)c1. The van der Waals surface area contributed by atoms with Crippen molar-refractivity contribution in [1.29, 1.82) is 0 Å². The van der Waals surface area contributed by atoms with Crippen molar-refractivity contribution in [3.8, 4) is 5.75 Å². The second-order valence-corrected chi connectivity index (χ2v) is 9.39. The molecule has 1 aromatic carbocycles. The second kappa shape index (κ2) is 11.3. The minimum Gasteiger partial charge on any atom is -0.490 e. The zero-order chi connectivity index (χ0) is 21.5. The molecule has 0 spiro atoms. The normalized spacial score (nSPS) is 23.8. The van der Waals surface area contributed by atoms with Crippen LogP contribution in [0.25, 0.3) is 0 Å². The number of nitrogens with zero attached hydrogens (tertiary/aromatic N) is 3. The van der Waals surface area contributed by atoms with E-state index in [2.05, 4.69) is 9.80 Å². The van der Waals surface area contributed by atoms with Crippen molar-refractivity contribution in [3.63, 3.8) is 0 Å². The molecular formula is C25H38FN3O2. The molecule has 172 valence electrons. The number of likely N-dealkylation sites (tertiary alicyclic amines) is 2. The molecule has 1 unspecified atom stereocenters. The minimum atomic E-state index is -0.372. The van der Waals surface area contributed by atoms with Gasteiger partial charge in [0, 0.05) is 31.3 Å². The Kier molecular flexibility index (Phi) is 8.20. The predicted molar refractivity (Wildman–Crippen MR) is 122 cm³/mol. The fraction of sp³-hybridized carbons (Fsp3) is 0.720. The van der Waals surface area contributed by atoms with E-state index in [9.17, 15) is 9.18 Å². The molecule has 1 aromatic rings. The molecule has 1 atom stereocenters. The number of carbonyl (C=O) groups excluding carboxylic acids is 1.